The fraction of sp³-hybridized carbons (Fsp3) is 0.133. The lowest BCUT2D eigenvalue weighted by Crippen LogP contribution is -1.94. The zero-order valence-electron chi connectivity index (χ0n) is 10.9. The molecule has 3 aromatic rings. The molecule has 2 aromatic heterocycles. The Labute approximate surface area is 120 Å². The zero-order chi connectivity index (χ0) is 13.9. The highest BCUT2D eigenvalue weighted by Crippen LogP contribution is 2.30. The lowest BCUT2D eigenvalue weighted by atomic mass is 10.2. The van der Waals surface area contributed by atoms with Crippen molar-refractivity contribution >= 4 is 22.7 Å². The average Bonchev–Trinajstić information content (AvgIpc) is 2.48. The predicted molar refractivity (Wildman–Crippen MR) is 78.5 cm³/mol. The quantitative estimate of drug-likeness (QED) is 0.748. The molecule has 4 nitrogen and oxygen atoms in total. The van der Waals surface area contributed by atoms with Gasteiger partial charge in [-0.05, 0) is 25.1 Å². The number of hydrogen-bond acceptors (Lipinski definition) is 5. The standard InChI is InChI=1S/C15H13N3OS/c1-10(19)13-7-6-11(8-16-13)20-15-12-4-2-3-5-14(12)17-9-18-15/h2-10,19H,1H3/t10-/m1/s1. The summed E-state index contributed by atoms with van der Waals surface area (Å²) in [5, 5.41) is 11.4. The van der Waals surface area contributed by atoms with Crippen LogP contribution in [0.5, 0.6) is 0 Å². The van der Waals surface area contributed by atoms with E-state index >= 15 is 0 Å². The summed E-state index contributed by atoms with van der Waals surface area (Å²) < 4.78 is 0. The Morgan fingerprint density at radius 1 is 1.05 bits per heavy atom. The molecular formula is C15H13N3OS. The second-order valence-electron chi connectivity index (χ2n) is 4.39. The molecule has 3 rings (SSSR count). The van der Waals surface area contributed by atoms with Gasteiger partial charge >= 0.3 is 0 Å². The highest BCUT2D eigenvalue weighted by atomic mass is 32.2. The summed E-state index contributed by atoms with van der Waals surface area (Å²) in [5.74, 6) is 0. The van der Waals surface area contributed by atoms with Crippen molar-refractivity contribution in [2.24, 2.45) is 0 Å². The molecule has 1 atom stereocenters. The van der Waals surface area contributed by atoms with Crippen molar-refractivity contribution in [2.75, 3.05) is 0 Å². The van der Waals surface area contributed by atoms with Crippen molar-refractivity contribution in [1.82, 2.24) is 15.0 Å². The van der Waals surface area contributed by atoms with Crippen molar-refractivity contribution in [3.8, 4) is 0 Å². The second-order valence-corrected chi connectivity index (χ2v) is 5.45. The SMILES string of the molecule is C[C@@H](O)c1ccc(Sc2ncnc3ccccc23)cn1. The summed E-state index contributed by atoms with van der Waals surface area (Å²) in [5.41, 5.74) is 1.60. The van der Waals surface area contributed by atoms with Gasteiger partial charge in [0.1, 0.15) is 11.4 Å². The average molecular weight is 283 g/mol. The molecule has 0 spiro atoms. The first-order valence-corrected chi connectivity index (χ1v) is 7.07. The summed E-state index contributed by atoms with van der Waals surface area (Å²) in [4.78, 5) is 13.8. The Kier molecular flexibility index (Phi) is 3.62. The molecule has 20 heavy (non-hydrogen) atoms. The Bertz CT molecular complexity index is 723. The zero-order valence-corrected chi connectivity index (χ0v) is 11.7. The lowest BCUT2D eigenvalue weighted by Gasteiger charge is -2.06. The van der Waals surface area contributed by atoms with E-state index in [2.05, 4.69) is 15.0 Å². The molecule has 5 heteroatoms. The van der Waals surface area contributed by atoms with E-state index in [1.165, 1.54) is 0 Å². The molecule has 0 saturated carbocycles. The number of fused-ring (bicyclic) bond motifs is 1. The van der Waals surface area contributed by atoms with Gasteiger partial charge in [0.15, 0.2) is 0 Å². The fourth-order valence-corrected chi connectivity index (χ4v) is 2.72. The van der Waals surface area contributed by atoms with Gasteiger partial charge in [0.2, 0.25) is 0 Å². The van der Waals surface area contributed by atoms with Gasteiger partial charge in [-0.1, -0.05) is 30.0 Å². The molecule has 0 amide bonds. The third-order valence-electron chi connectivity index (χ3n) is 2.91. The van der Waals surface area contributed by atoms with Crippen LogP contribution in [-0.4, -0.2) is 20.1 Å². The normalized spacial score (nSPS) is 12.5. The van der Waals surface area contributed by atoms with Gasteiger partial charge in [0, 0.05) is 16.5 Å². The summed E-state index contributed by atoms with van der Waals surface area (Å²) in [6, 6.07) is 11.7. The maximum Gasteiger partial charge on any atom is 0.117 e. The first-order valence-electron chi connectivity index (χ1n) is 6.25. The van der Waals surface area contributed by atoms with E-state index < -0.39 is 6.10 Å². The number of aliphatic hydroxyl groups is 1. The van der Waals surface area contributed by atoms with E-state index in [1.54, 1.807) is 31.2 Å². The third-order valence-corrected chi connectivity index (χ3v) is 3.90. The molecule has 0 bridgehead atoms. The molecule has 0 fully saturated rings. The molecule has 1 aromatic carbocycles. The topological polar surface area (TPSA) is 58.9 Å². The molecule has 0 aliphatic heterocycles. The number of hydrogen-bond donors (Lipinski definition) is 1. The van der Waals surface area contributed by atoms with Gasteiger partial charge in [0.05, 0.1) is 17.3 Å². The molecule has 2 heterocycles. The minimum atomic E-state index is -0.547. The first-order chi connectivity index (χ1) is 9.74. The fourth-order valence-electron chi connectivity index (χ4n) is 1.87. The van der Waals surface area contributed by atoms with E-state index in [4.69, 9.17) is 0 Å². The van der Waals surface area contributed by atoms with E-state index in [1.807, 2.05) is 36.4 Å². The highest BCUT2D eigenvalue weighted by Gasteiger charge is 2.07. The van der Waals surface area contributed by atoms with Gasteiger partial charge < -0.3 is 5.11 Å². The Hall–Kier alpha value is -1.98. The van der Waals surface area contributed by atoms with Gasteiger partial charge in [-0.3, -0.25) is 4.98 Å². The molecule has 0 aliphatic rings. The van der Waals surface area contributed by atoms with E-state index in [0.29, 0.717) is 5.69 Å². The Morgan fingerprint density at radius 2 is 1.90 bits per heavy atom. The molecule has 0 unspecified atom stereocenters. The number of aliphatic hydroxyl groups excluding tert-OH is 1. The molecule has 0 radical (unpaired) electrons. The monoisotopic (exact) mass is 283 g/mol. The van der Waals surface area contributed by atoms with Crippen LogP contribution in [0.4, 0.5) is 0 Å². The third kappa shape index (κ3) is 2.64. The van der Waals surface area contributed by atoms with Crippen LogP contribution in [-0.2, 0) is 0 Å². The van der Waals surface area contributed by atoms with Crippen LogP contribution < -0.4 is 0 Å². The number of aromatic nitrogens is 3. The predicted octanol–water partition coefficient (Wildman–Crippen LogP) is 3.23. The number of nitrogens with zero attached hydrogens (tertiary/aromatic N) is 3. The van der Waals surface area contributed by atoms with Crippen molar-refractivity contribution < 1.29 is 5.11 Å². The maximum absolute atomic E-state index is 9.46. The minimum Gasteiger partial charge on any atom is -0.387 e. The van der Waals surface area contributed by atoms with E-state index in [-0.39, 0.29) is 0 Å². The Morgan fingerprint density at radius 3 is 2.65 bits per heavy atom. The van der Waals surface area contributed by atoms with E-state index in [0.717, 1.165) is 20.8 Å². The summed E-state index contributed by atoms with van der Waals surface area (Å²) >= 11 is 1.54. The van der Waals surface area contributed by atoms with Crippen LogP contribution >= 0.6 is 11.8 Å². The maximum atomic E-state index is 9.46. The Balaban J connectivity index is 1.93. The molecule has 0 saturated heterocycles. The number of rotatable bonds is 3. The smallest absolute Gasteiger partial charge is 0.117 e. The van der Waals surface area contributed by atoms with Crippen LogP contribution in [0, 0.1) is 0 Å². The van der Waals surface area contributed by atoms with E-state index in [9.17, 15) is 5.11 Å². The van der Waals surface area contributed by atoms with Crippen LogP contribution in [0.25, 0.3) is 10.9 Å². The first kappa shape index (κ1) is 13.0. The second kappa shape index (κ2) is 5.56. The van der Waals surface area contributed by atoms with Crippen molar-refractivity contribution in [3.05, 3.63) is 54.6 Å². The van der Waals surface area contributed by atoms with Crippen molar-refractivity contribution in [1.29, 1.82) is 0 Å². The van der Waals surface area contributed by atoms with Gasteiger partial charge in [-0.2, -0.15) is 0 Å². The summed E-state index contributed by atoms with van der Waals surface area (Å²) in [6.07, 6.45) is 2.78. The molecular weight excluding hydrogens is 270 g/mol. The summed E-state index contributed by atoms with van der Waals surface area (Å²) in [6.45, 7) is 1.70. The molecule has 100 valence electrons. The molecule has 0 aliphatic carbocycles. The lowest BCUT2D eigenvalue weighted by molar-refractivity contribution is 0.194. The summed E-state index contributed by atoms with van der Waals surface area (Å²) in [7, 11) is 0. The minimum absolute atomic E-state index is 0.547. The largest absolute Gasteiger partial charge is 0.387 e. The number of benzene rings is 1. The highest BCUT2D eigenvalue weighted by molar-refractivity contribution is 7.99. The van der Waals surface area contributed by atoms with Crippen LogP contribution in [0.15, 0.2) is 58.8 Å². The van der Waals surface area contributed by atoms with Gasteiger partial charge in [-0.15, -0.1) is 0 Å². The van der Waals surface area contributed by atoms with Gasteiger partial charge in [0.25, 0.3) is 0 Å². The van der Waals surface area contributed by atoms with Crippen molar-refractivity contribution in [3.63, 3.8) is 0 Å². The van der Waals surface area contributed by atoms with Crippen molar-refractivity contribution in [2.45, 2.75) is 22.9 Å². The number of para-hydroxylation sites is 1. The van der Waals surface area contributed by atoms with Crippen LogP contribution in [0.3, 0.4) is 0 Å². The van der Waals surface area contributed by atoms with Crippen LogP contribution in [0.1, 0.15) is 18.7 Å². The number of pyridine rings is 1. The van der Waals surface area contributed by atoms with Gasteiger partial charge in [-0.25, -0.2) is 9.97 Å². The van der Waals surface area contributed by atoms with Crippen LogP contribution in [0.2, 0.25) is 0 Å². The molecule has 1 N–H and O–H groups in total.